The van der Waals surface area contributed by atoms with Crippen molar-refractivity contribution < 1.29 is 14.7 Å². The van der Waals surface area contributed by atoms with Crippen molar-refractivity contribution in [1.29, 1.82) is 0 Å². The van der Waals surface area contributed by atoms with E-state index >= 15 is 0 Å². The number of aryl methyl sites for hydroxylation is 1. The maximum atomic E-state index is 11.9. The van der Waals surface area contributed by atoms with E-state index in [0.29, 0.717) is 17.2 Å². The van der Waals surface area contributed by atoms with Crippen LogP contribution in [0.25, 0.3) is 0 Å². The number of nitrogens with zero attached hydrogens (tertiary/aromatic N) is 5. The first-order valence-corrected chi connectivity index (χ1v) is 7.14. The van der Waals surface area contributed by atoms with Gasteiger partial charge in [0.05, 0.1) is 5.69 Å². The predicted molar refractivity (Wildman–Crippen MR) is 74.3 cm³/mol. The molecule has 2 rings (SSSR count). The first kappa shape index (κ1) is 15.0. The number of anilines is 1. The van der Waals surface area contributed by atoms with E-state index in [1.54, 1.807) is 6.92 Å². The van der Waals surface area contributed by atoms with E-state index in [0.717, 1.165) is 11.4 Å². The third kappa shape index (κ3) is 3.40. The van der Waals surface area contributed by atoms with E-state index in [1.165, 1.54) is 16.0 Å². The van der Waals surface area contributed by atoms with Crippen molar-refractivity contribution in [2.45, 2.75) is 33.2 Å². The zero-order valence-corrected chi connectivity index (χ0v) is 12.3. The monoisotopic (exact) mass is 310 g/mol. The van der Waals surface area contributed by atoms with Gasteiger partial charge in [-0.05, 0) is 12.8 Å². The van der Waals surface area contributed by atoms with Gasteiger partial charge in [-0.2, -0.15) is 0 Å². The van der Waals surface area contributed by atoms with Gasteiger partial charge in [0.25, 0.3) is 0 Å². The van der Waals surface area contributed by atoms with Crippen LogP contribution in [0.4, 0.5) is 5.13 Å². The molecule has 10 heteroatoms. The van der Waals surface area contributed by atoms with Gasteiger partial charge >= 0.3 is 5.97 Å². The van der Waals surface area contributed by atoms with Crippen LogP contribution in [-0.4, -0.2) is 42.2 Å². The first-order valence-electron chi connectivity index (χ1n) is 6.33. The van der Waals surface area contributed by atoms with Gasteiger partial charge in [-0.15, -0.1) is 15.3 Å². The molecule has 1 amide bonds. The smallest absolute Gasteiger partial charge is 0.358 e. The SMILES string of the molecule is CCc1nnc(NC(=O)Cn2nnc(C(=O)O)c2CC)s1. The van der Waals surface area contributed by atoms with Gasteiger partial charge in [-0.3, -0.25) is 10.1 Å². The van der Waals surface area contributed by atoms with Crippen LogP contribution in [0.3, 0.4) is 0 Å². The second-order valence-electron chi connectivity index (χ2n) is 4.10. The van der Waals surface area contributed by atoms with Crippen molar-refractivity contribution in [2.24, 2.45) is 0 Å². The Hall–Kier alpha value is -2.36. The molecule has 2 aromatic heterocycles. The van der Waals surface area contributed by atoms with Crippen LogP contribution in [0.15, 0.2) is 0 Å². The van der Waals surface area contributed by atoms with E-state index in [1.807, 2.05) is 6.92 Å². The third-order valence-corrected chi connectivity index (χ3v) is 3.67. The van der Waals surface area contributed by atoms with Crippen LogP contribution in [0, 0.1) is 0 Å². The van der Waals surface area contributed by atoms with E-state index in [9.17, 15) is 9.59 Å². The number of hydrogen-bond donors (Lipinski definition) is 2. The van der Waals surface area contributed by atoms with Crippen molar-refractivity contribution >= 4 is 28.3 Å². The summed E-state index contributed by atoms with van der Waals surface area (Å²) in [6.07, 6.45) is 1.17. The summed E-state index contributed by atoms with van der Waals surface area (Å²) < 4.78 is 1.28. The number of amides is 1. The third-order valence-electron chi connectivity index (χ3n) is 2.68. The van der Waals surface area contributed by atoms with Gasteiger partial charge in [0.1, 0.15) is 11.6 Å². The second kappa shape index (κ2) is 6.39. The summed E-state index contributed by atoms with van der Waals surface area (Å²) in [5, 5.41) is 27.8. The minimum absolute atomic E-state index is 0.121. The summed E-state index contributed by atoms with van der Waals surface area (Å²) in [7, 11) is 0. The number of aromatic nitrogens is 5. The predicted octanol–water partition coefficient (Wildman–Crippen LogP) is 0.591. The van der Waals surface area contributed by atoms with Crippen molar-refractivity contribution in [1.82, 2.24) is 25.2 Å². The Balaban J connectivity index is 2.07. The molecule has 9 nitrogen and oxygen atoms in total. The standard InChI is InChI=1S/C11H14N6O3S/c1-3-6-9(10(19)20)14-16-17(6)5-7(18)12-11-15-13-8(4-2)21-11/h3-5H2,1-2H3,(H,19,20)(H,12,15,18). The normalized spacial score (nSPS) is 10.6. The molecular weight excluding hydrogens is 296 g/mol. The number of carbonyl (C=O) groups excluding carboxylic acids is 1. The van der Waals surface area contributed by atoms with Crippen molar-refractivity contribution in [3.05, 3.63) is 16.4 Å². The molecule has 0 saturated heterocycles. The lowest BCUT2D eigenvalue weighted by atomic mass is 10.2. The first-order chi connectivity index (χ1) is 10.0. The van der Waals surface area contributed by atoms with Crippen LogP contribution in [-0.2, 0) is 24.2 Å². The average Bonchev–Trinajstić information content (AvgIpc) is 3.04. The van der Waals surface area contributed by atoms with Gasteiger partial charge in [-0.25, -0.2) is 9.48 Å². The Labute approximate surface area is 124 Å². The molecule has 0 aliphatic heterocycles. The van der Waals surface area contributed by atoms with Gasteiger partial charge in [-0.1, -0.05) is 30.4 Å². The van der Waals surface area contributed by atoms with Crippen LogP contribution in [0.1, 0.15) is 35.0 Å². The Morgan fingerprint density at radius 1 is 1.24 bits per heavy atom. The summed E-state index contributed by atoms with van der Waals surface area (Å²) in [6.45, 7) is 3.60. The fourth-order valence-corrected chi connectivity index (χ4v) is 2.41. The minimum atomic E-state index is -1.16. The number of nitrogens with one attached hydrogen (secondary N) is 1. The summed E-state index contributed by atoms with van der Waals surface area (Å²) in [6, 6.07) is 0. The molecular formula is C11H14N6O3S. The number of rotatable bonds is 6. The molecule has 0 saturated carbocycles. The quantitative estimate of drug-likeness (QED) is 0.800. The maximum Gasteiger partial charge on any atom is 0.358 e. The fourth-order valence-electron chi connectivity index (χ4n) is 1.72. The Kier molecular flexibility index (Phi) is 4.58. The second-order valence-corrected chi connectivity index (χ2v) is 5.17. The van der Waals surface area contributed by atoms with Crippen LogP contribution < -0.4 is 5.32 Å². The van der Waals surface area contributed by atoms with Crippen LogP contribution >= 0.6 is 11.3 Å². The lowest BCUT2D eigenvalue weighted by Crippen LogP contribution is -2.21. The molecule has 0 fully saturated rings. The summed E-state index contributed by atoms with van der Waals surface area (Å²) in [5.74, 6) is -1.51. The molecule has 0 bridgehead atoms. The van der Waals surface area contributed by atoms with Crippen molar-refractivity contribution in [3.63, 3.8) is 0 Å². The molecule has 0 aromatic carbocycles. The largest absolute Gasteiger partial charge is 0.476 e. The number of carbonyl (C=O) groups is 2. The average molecular weight is 310 g/mol. The highest BCUT2D eigenvalue weighted by molar-refractivity contribution is 7.15. The summed E-state index contributed by atoms with van der Waals surface area (Å²) >= 11 is 1.30. The van der Waals surface area contributed by atoms with Crippen LogP contribution in [0.5, 0.6) is 0 Å². The molecule has 2 aromatic rings. The lowest BCUT2D eigenvalue weighted by Gasteiger charge is -2.04. The molecule has 21 heavy (non-hydrogen) atoms. The summed E-state index contributed by atoms with van der Waals surface area (Å²) in [4.78, 5) is 22.9. The van der Waals surface area contributed by atoms with Gasteiger partial charge in [0.15, 0.2) is 5.69 Å². The number of hydrogen-bond acceptors (Lipinski definition) is 7. The summed E-state index contributed by atoms with van der Waals surface area (Å²) in [5.41, 5.74) is 0.277. The fraction of sp³-hybridized carbons (Fsp3) is 0.455. The van der Waals surface area contributed by atoms with Gasteiger partial charge in [0, 0.05) is 0 Å². The minimum Gasteiger partial charge on any atom is -0.476 e. The number of aromatic carboxylic acids is 1. The molecule has 0 radical (unpaired) electrons. The Morgan fingerprint density at radius 3 is 2.57 bits per heavy atom. The van der Waals surface area contributed by atoms with Gasteiger partial charge in [0.2, 0.25) is 11.0 Å². The molecule has 2 heterocycles. The zero-order chi connectivity index (χ0) is 15.4. The molecule has 0 unspecified atom stereocenters. The number of carboxylic acids is 1. The molecule has 0 aliphatic rings. The highest BCUT2D eigenvalue weighted by Crippen LogP contribution is 2.15. The van der Waals surface area contributed by atoms with Crippen molar-refractivity contribution in [2.75, 3.05) is 5.32 Å². The molecule has 0 aliphatic carbocycles. The van der Waals surface area contributed by atoms with E-state index in [-0.39, 0.29) is 18.1 Å². The highest BCUT2D eigenvalue weighted by Gasteiger charge is 2.19. The molecule has 0 atom stereocenters. The zero-order valence-electron chi connectivity index (χ0n) is 11.5. The van der Waals surface area contributed by atoms with Crippen LogP contribution in [0.2, 0.25) is 0 Å². The van der Waals surface area contributed by atoms with E-state index in [2.05, 4.69) is 25.8 Å². The molecule has 2 N–H and O–H groups in total. The van der Waals surface area contributed by atoms with E-state index in [4.69, 9.17) is 5.11 Å². The van der Waals surface area contributed by atoms with E-state index < -0.39 is 5.97 Å². The maximum absolute atomic E-state index is 11.9. The van der Waals surface area contributed by atoms with Gasteiger partial charge < -0.3 is 5.11 Å². The molecule has 112 valence electrons. The Bertz CT molecular complexity index is 665. The number of carboxylic acid groups (broad SMARTS) is 1. The van der Waals surface area contributed by atoms with Crippen molar-refractivity contribution in [3.8, 4) is 0 Å². The Morgan fingerprint density at radius 2 is 2.00 bits per heavy atom. The molecule has 0 spiro atoms. The lowest BCUT2D eigenvalue weighted by molar-refractivity contribution is -0.117. The topological polar surface area (TPSA) is 123 Å². The highest BCUT2D eigenvalue weighted by atomic mass is 32.1.